The molecule has 0 unspecified atom stereocenters. The summed E-state index contributed by atoms with van der Waals surface area (Å²) >= 11 is 0. The molecule has 0 N–H and O–H groups in total. The first kappa shape index (κ1) is 7.80. The Morgan fingerprint density at radius 3 is 2.46 bits per heavy atom. The number of carbonyl (C=O) groups excluding carboxylic acids is 1. The first-order chi connectivity index (χ1) is 6.34. The van der Waals surface area contributed by atoms with Crippen LogP contribution in [0, 0.1) is 0 Å². The summed E-state index contributed by atoms with van der Waals surface area (Å²) in [7, 11) is 0. The predicted octanol–water partition coefficient (Wildman–Crippen LogP) is 2.14. The van der Waals surface area contributed by atoms with Crippen LogP contribution in [0.25, 0.3) is 6.08 Å². The van der Waals surface area contributed by atoms with Gasteiger partial charge in [0.05, 0.1) is 0 Å². The molecule has 1 aliphatic rings. The van der Waals surface area contributed by atoms with Crippen molar-refractivity contribution in [2.75, 3.05) is 0 Å². The van der Waals surface area contributed by atoms with Crippen molar-refractivity contribution in [3.8, 4) is 0 Å². The number of esters is 1. The van der Waals surface area contributed by atoms with E-state index in [1.807, 2.05) is 36.4 Å². The molecule has 2 rings (SSSR count). The number of hydrogen-bond acceptors (Lipinski definition) is 2. The van der Waals surface area contributed by atoms with E-state index in [1.54, 1.807) is 6.08 Å². The Labute approximate surface area is 76.1 Å². The van der Waals surface area contributed by atoms with Gasteiger partial charge in [-0.05, 0) is 17.7 Å². The van der Waals surface area contributed by atoms with Gasteiger partial charge in [0, 0.05) is 6.08 Å². The van der Waals surface area contributed by atoms with E-state index in [2.05, 4.69) is 0 Å². The second kappa shape index (κ2) is 3.27. The molecule has 1 heterocycles. The number of allylic oxidation sites excluding steroid dienone is 1. The lowest BCUT2D eigenvalue weighted by atomic mass is 10.2. The summed E-state index contributed by atoms with van der Waals surface area (Å²) in [4.78, 5) is 10.7. The SMILES string of the molecule is O=C1C=CC(=Cc2ccccc2)O1. The van der Waals surface area contributed by atoms with Crippen molar-refractivity contribution in [1.29, 1.82) is 0 Å². The summed E-state index contributed by atoms with van der Waals surface area (Å²) in [5.74, 6) is 0.290. The third-order valence-corrected chi connectivity index (χ3v) is 1.71. The fraction of sp³-hybridized carbons (Fsp3) is 0. The van der Waals surface area contributed by atoms with E-state index >= 15 is 0 Å². The summed E-state index contributed by atoms with van der Waals surface area (Å²) in [5.41, 5.74) is 1.02. The van der Waals surface area contributed by atoms with Crippen molar-refractivity contribution in [3.63, 3.8) is 0 Å². The number of ether oxygens (including phenoxy) is 1. The molecule has 0 fully saturated rings. The van der Waals surface area contributed by atoms with Crippen molar-refractivity contribution >= 4 is 12.0 Å². The van der Waals surface area contributed by atoms with Crippen molar-refractivity contribution in [2.24, 2.45) is 0 Å². The molecule has 0 spiro atoms. The minimum atomic E-state index is -0.304. The average Bonchev–Trinajstić information content (AvgIpc) is 2.53. The molecule has 0 radical (unpaired) electrons. The highest BCUT2D eigenvalue weighted by Crippen LogP contribution is 2.13. The van der Waals surface area contributed by atoms with Crippen LogP contribution < -0.4 is 0 Å². The third-order valence-electron chi connectivity index (χ3n) is 1.71. The van der Waals surface area contributed by atoms with Crippen LogP contribution in [0.3, 0.4) is 0 Å². The van der Waals surface area contributed by atoms with Gasteiger partial charge in [-0.25, -0.2) is 4.79 Å². The van der Waals surface area contributed by atoms with E-state index in [4.69, 9.17) is 4.74 Å². The summed E-state index contributed by atoms with van der Waals surface area (Å²) in [6.07, 6.45) is 4.89. The van der Waals surface area contributed by atoms with E-state index < -0.39 is 0 Å². The standard InChI is InChI=1S/C11H8O2/c12-11-7-6-10(13-11)8-9-4-2-1-3-5-9/h1-8H. The fourth-order valence-corrected chi connectivity index (χ4v) is 1.13. The Morgan fingerprint density at radius 2 is 1.85 bits per heavy atom. The number of benzene rings is 1. The molecule has 0 saturated carbocycles. The molecule has 0 bridgehead atoms. The molecule has 0 amide bonds. The van der Waals surface area contributed by atoms with Crippen LogP contribution >= 0.6 is 0 Å². The van der Waals surface area contributed by atoms with Gasteiger partial charge in [-0.2, -0.15) is 0 Å². The normalized spacial score (nSPS) is 17.8. The lowest BCUT2D eigenvalue weighted by Crippen LogP contribution is -1.89. The zero-order valence-electron chi connectivity index (χ0n) is 6.94. The molecule has 0 atom stereocenters. The fourth-order valence-electron chi connectivity index (χ4n) is 1.13. The second-order valence-electron chi connectivity index (χ2n) is 2.71. The van der Waals surface area contributed by atoms with E-state index in [1.165, 1.54) is 6.08 Å². The summed E-state index contributed by atoms with van der Waals surface area (Å²) in [6, 6.07) is 9.72. The Balaban J connectivity index is 2.23. The van der Waals surface area contributed by atoms with Gasteiger partial charge in [0.2, 0.25) is 0 Å². The van der Waals surface area contributed by atoms with Gasteiger partial charge in [0.15, 0.2) is 0 Å². The van der Waals surface area contributed by atoms with Crippen molar-refractivity contribution < 1.29 is 9.53 Å². The highest BCUT2D eigenvalue weighted by molar-refractivity contribution is 5.87. The monoisotopic (exact) mass is 172 g/mol. The highest BCUT2D eigenvalue weighted by atomic mass is 16.5. The molecule has 1 aromatic rings. The lowest BCUT2D eigenvalue weighted by Gasteiger charge is -1.95. The molecule has 1 aromatic carbocycles. The van der Waals surface area contributed by atoms with E-state index in [-0.39, 0.29) is 5.97 Å². The molecule has 2 nitrogen and oxygen atoms in total. The molecule has 64 valence electrons. The molecular formula is C11H8O2. The zero-order valence-corrected chi connectivity index (χ0v) is 6.94. The summed E-state index contributed by atoms with van der Waals surface area (Å²) in [5, 5.41) is 0. The van der Waals surface area contributed by atoms with Crippen LogP contribution in [0.4, 0.5) is 0 Å². The lowest BCUT2D eigenvalue weighted by molar-refractivity contribution is -0.132. The summed E-state index contributed by atoms with van der Waals surface area (Å²) < 4.78 is 4.88. The molecule has 13 heavy (non-hydrogen) atoms. The summed E-state index contributed by atoms with van der Waals surface area (Å²) in [6.45, 7) is 0. The van der Waals surface area contributed by atoms with Gasteiger partial charge in [-0.1, -0.05) is 30.3 Å². The third kappa shape index (κ3) is 1.85. The van der Waals surface area contributed by atoms with Crippen LogP contribution in [0.1, 0.15) is 5.56 Å². The smallest absolute Gasteiger partial charge is 0.336 e. The van der Waals surface area contributed by atoms with Crippen LogP contribution in [0.15, 0.2) is 48.2 Å². The van der Waals surface area contributed by atoms with Crippen molar-refractivity contribution in [2.45, 2.75) is 0 Å². The highest BCUT2D eigenvalue weighted by Gasteiger charge is 2.08. The number of carbonyl (C=O) groups is 1. The van der Waals surface area contributed by atoms with Gasteiger partial charge in [0.1, 0.15) is 5.76 Å². The molecule has 0 aliphatic carbocycles. The Hall–Kier alpha value is -1.83. The van der Waals surface area contributed by atoms with Crippen molar-refractivity contribution in [3.05, 3.63) is 53.8 Å². The van der Waals surface area contributed by atoms with Gasteiger partial charge < -0.3 is 4.74 Å². The van der Waals surface area contributed by atoms with Gasteiger partial charge in [-0.3, -0.25) is 0 Å². The largest absolute Gasteiger partial charge is 0.423 e. The maximum absolute atomic E-state index is 10.7. The van der Waals surface area contributed by atoms with Crippen LogP contribution in [-0.2, 0) is 9.53 Å². The molecule has 0 aromatic heterocycles. The van der Waals surface area contributed by atoms with Crippen LogP contribution in [-0.4, -0.2) is 5.97 Å². The quantitative estimate of drug-likeness (QED) is 0.606. The molecular weight excluding hydrogens is 164 g/mol. The van der Waals surface area contributed by atoms with Gasteiger partial charge in [-0.15, -0.1) is 0 Å². The Kier molecular flexibility index (Phi) is 1.96. The minimum absolute atomic E-state index is 0.304. The topological polar surface area (TPSA) is 26.3 Å². The number of hydrogen-bond donors (Lipinski definition) is 0. The Morgan fingerprint density at radius 1 is 1.08 bits per heavy atom. The predicted molar refractivity (Wildman–Crippen MR) is 49.7 cm³/mol. The maximum Gasteiger partial charge on any atom is 0.336 e. The second-order valence-corrected chi connectivity index (χ2v) is 2.71. The molecule has 2 heteroatoms. The molecule has 1 aliphatic heterocycles. The van der Waals surface area contributed by atoms with Crippen LogP contribution in [0.2, 0.25) is 0 Å². The first-order valence-corrected chi connectivity index (χ1v) is 4.01. The minimum Gasteiger partial charge on any atom is -0.423 e. The van der Waals surface area contributed by atoms with E-state index in [0.717, 1.165) is 5.56 Å². The Bertz CT molecular complexity index is 374. The first-order valence-electron chi connectivity index (χ1n) is 4.01. The zero-order chi connectivity index (χ0) is 9.10. The van der Waals surface area contributed by atoms with Crippen LogP contribution in [0.5, 0.6) is 0 Å². The van der Waals surface area contributed by atoms with E-state index in [9.17, 15) is 4.79 Å². The van der Waals surface area contributed by atoms with Gasteiger partial charge >= 0.3 is 5.97 Å². The average molecular weight is 172 g/mol. The number of rotatable bonds is 1. The maximum atomic E-state index is 10.7. The van der Waals surface area contributed by atoms with Gasteiger partial charge in [0.25, 0.3) is 0 Å². The number of cyclic esters (lactones) is 1. The van der Waals surface area contributed by atoms with Crippen molar-refractivity contribution in [1.82, 2.24) is 0 Å². The molecule has 0 saturated heterocycles. The van der Waals surface area contributed by atoms with E-state index in [0.29, 0.717) is 5.76 Å².